The van der Waals surface area contributed by atoms with Gasteiger partial charge in [0, 0.05) is 50.1 Å². The van der Waals surface area contributed by atoms with Gasteiger partial charge in [-0.2, -0.15) is 17.0 Å². The summed E-state index contributed by atoms with van der Waals surface area (Å²) in [6.07, 6.45) is 5.09. The van der Waals surface area contributed by atoms with Gasteiger partial charge < -0.3 is 4.74 Å². The molecule has 0 bridgehead atoms. The number of piperidine rings is 1. The Morgan fingerprint density at radius 1 is 0.968 bits per heavy atom. The molecule has 0 aliphatic carbocycles. The maximum Gasteiger partial charge on any atom is 0.282 e. The van der Waals surface area contributed by atoms with Crippen molar-refractivity contribution in [3.8, 4) is 11.1 Å². The van der Waals surface area contributed by atoms with Crippen LogP contribution in [0.15, 0.2) is 30.6 Å². The number of rotatable bonds is 4. The van der Waals surface area contributed by atoms with Crippen molar-refractivity contribution in [2.45, 2.75) is 58.7 Å². The van der Waals surface area contributed by atoms with Crippen molar-refractivity contribution >= 4 is 10.2 Å². The average molecular weight is 445 g/mol. The number of ether oxygens (including phenoxy) is 1. The topological polar surface area (TPSA) is 75.6 Å². The monoisotopic (exact) mass is 444 g/mol. The van der Waals surface area contributed by atoms with Crippen LogP contribution in [0.5, 0.6) is 0 Å². The molecule has 4 rings (SSSR count). The quantitative estimate of drug-likeness (QED) is 0.723. The van der Waals surface area contributed by atoms with E-state index in [0.717, 1.165) is 29.8 Å². The SMILES string of the molecule is Cc1cccc(-c2cnc(C3CCN(S(=O)(=O)N4CC(C)OC(C)C4)CC3)nc2)c1C. The molecule has 0 spiro atoms. The van der Waals surface area contributed by atoms with Gasteiger partial charge in [-0.3, -0.25) is 0 Å². The van der Waals surface area contributed by atoms with Crippen LogP contribution < -0.4 is 0 Å². The van der Waals surface area contributed by atoms with Gasteiger partial charge in [0.25, 0.3) is 10.2 Å². The standard InChI is InChI=1S/C23H32N4O3S/c1-16-6-5-7-22(19(16)4)21-12-24-23(25-13-21)20-8-10-26(11-9-20)31(28,29)27-14-17(2)30-18(3)15-27/h5-7,12-13,17-18,20H,8-11,14-15H2,1-4H3. The van der Waals surface area contributed by atoms with Gasteiger partial charge in [-0.1, -0.05) is 18.2 Å². The Morgan fingerprint density at radius 3 is 2.19 bits per heavy atom. The molecule has 8 heteroatoms. The molecule has 1 aromatic carbocycles. The molecule has 0 saturated carbocycles. The predicted octanol–water partition coefficient (Wildman–Crippen LogP) is 3.29. The summed E-state index contributed by atoms with van der Waals surface area (Å²) in [7, 11) is -3.46. The van der Waals surface area contributed by atoms with Crippen LogP contribution in [0.3, 0.4) is 0 Å². The van der Waals surface area contributed by atoms with Crippen LogP contribution in [0.2, 0.25) is 0 Å². The number of morpholine rings is 1. The fourth-order valence-electron chi connectivity index (χ4n) is 4.58. The molecule has 0 amide bonds. The van der Waals surface area contributed by atoms with Gasteiger partial charge in [-0.25, -0.2) is 9.97 Å². The first-order chi connectivity index (χ1) is 14.8. The summed E-state index contributed by atoms with van der Waals surface area (Å²) >= 11 is 0. The number of nitrogens with zero attached hydrogens (tertiary/aromatic N) is 4. The lowest BCUT2D eigenvalue weighted by Crippen LogP contribution is -2.54. The molecule has 7 nitrogen and oxygen atoms in total. The van der Waals surface area contributed by atoms with Gasteiger partial charge in [0.05, 0.1) is 12.2 Å². The molecular weight excluding hydrogens is 412 g/mol. The molecule has 168 valence electrons. The minimum atomic E-state index is -3.46. The highest BCUT2D eigenvalue weighted by atomic mass is 32.2. The van der Waals surface area contributed by atoms with Crippen molar-refractivity contribution in [2.75, 3.05) is 26.2 Å². The molecule has 1 aromatic heterocycles. The highest BCUT2D eigenvalue weighted by molar-refractivity contribution is 7.86. The molecule has 2 saturated heterocycles. The summed E-state index contributed by atoms with van der Waals surface area (Å²) in [5.74, 6) is 0.987. The van der Waals surface area contributed by atoms with Gasteiger partial charge in [-0.05, 0) is 57.2 Å². The number of hydrogen-bond acceptors (Lipinski definition) is 5. The third-order valence-electron chi connectivity index (χ3n) is 6.45. The molecule has 0 radical (unpaired) electrons. The highest BCUT2D eigenvalue weighted by Gasteiger charge is 2.37. The van der Waals surface area contributed by atoms with Gasteiger partial charge in [0.2, 0.25) is 0 Å². The molecule has 3 heterocycles. The fraction of sp³-hybridized carbons (Fsp3) is 0.565. The number of hydrogen-bond donors (Lipinski definition) is 0. The first kappa shape index (κ1) is 22.3. The largest absolute Gasteiger partial charge is 0.373 e. The van der Waals surface area contributed by atoms with Crippen LogP contribution in [0, 0.1) is 13.8 Å². The summed E-state index contributed by atoms with van der Waals surface area (Å²) in [5.41, 5.74) is 4.66. The minimum Gasteiger partial charge on any atom is -0.373 e. The molecule has 2 atom stereocenters. The van der Waals surface area contributed by atoms with Crippen LogP contribution in [-0.2, 0) is 14.9 Å². The lowest BCUT2D eigenvalue weighted by molar-refractivity contribution is -0.0456. The number of aromatic nitrogens is 2. The van der Waals surface area contributed by atoms with Gasteiger partial charge in [0.15, 0.2) is 0 Å². The van der Waals surface area contributed by atoms with Crippen LogP contribution >= 0.6 is 0 Å². The average Bonchev–Trinajstić information content (AvgIpc) is 2.75. The van der Waals surface area contributed by atoms with E-state index in [9.17, 15) is 8.42 Å². The molecule has 2 fully saturated rings. The van der Waals surface area contributed by atoms with E-state index in [1.807, 2.05) is 26.2 Å². The Balaban J connectivity index is 1.41. The summed E-state index contributed by atoms with van der Waals surface area (Å²) in [5, 5.41) is 0. The first-order valence-electron chi connectivity index (χ1n) is 11.0. The molecule has 2 aliphatic heterocycles. The minimum absolute atomic E-state index is 0.0833. The second-order valence-electron chi connectivity index (χ2n) is 8.83. The van der Waals surface area contributed by atoms with E-state index in [-0.39, 0.29) is 18.1 Å². The zero-order valence-corrected chi connectivity index (χ0v) is 19.6. The normalized spacial score (nSPS) is 24.4. The second kappa shape index (κ2) is 8.94. The van der Waals surface area contributed by atoms with Gasteiger partial charge in [0.1, 0.15) is 5.82 Å². The van der Waals surface area contributed by atoms with Gasteiger partial charge in [-0.15, -0.1) is 0 Å². The number of aryl methyl sites for hydroxylation is 1. The van der Waals surface area contributed by atoms with Crippen molar-refractivity contribution in [3.63, 3.8) is 0 Å². The summed E-state index contributed by atoms with van der Waals surface area (Å²) in [4.78, 5) is 9.28. The summed E-state index contributed by atoms with van der Waals surface area (Å²) in [6, 6.07) is 6.25. The third-order valence-corrected chi connectivity index (χ3v) is 8.41. The zero-order chi connectivity index (χ0) is 22.2. The van der Waals surface area contributed by atoms with Crippen LogP contribution in [-0.4, -0.2) is 65.4 Å². The van der Waals surface area contributed by atoms with E-state index in [0.29, 0.717) is 26.2 Å². The Kier molecular flexibility index (Phi) is 6.44. The molecule has 2 unspecified atom stereocenters. The molecule has 2 aliphatic rings. The third kappa shape index (κ3) is 4.67. The van der Waals surface area contributed by atoms with E-state index in [4.69, 9.17) is 4.74 Å². The highest BCUT2D eigenvalue weighted by Crippen LogP contribution is 2.30. The van der Waals surface area contributed by atoms with Crippen LogP contribution in [0.1, 0.15) is 49.6 Å². The smallest absolute Gasteiger partial charge is 0.282 e. The van der Waals surface area contributed by atoms with Crippen LogP contribution in [0.4, 0.5) is 0 Å². The van der Waals surface area contributed by atoms with Crippen molar-refractivity contribution in [1.29, 1.82) is 0 Å². The Hall–Kier alpha value is -1.87. The van der Waals surface area contributed by atoms with Crippen molar-refractivity contribution < 1.29 is 13.2 Å². The van der Waals surface area contributed by atoms with Crippen molar-refractivity contribution in [3.05, 3.63) is 47.5 Å². The Morgan fingerprint density at radius 2 is 1.58 bits per heavy atom. The maximum atomic E-state index is 13.1. The zero-order valence-electron chi connectivity index (χ0n) is 18.8. The summed E-state index contributed by atoms with van der Waals surface area (Å²) in [6.45, 7) is 9.88. The fourth-order valence-corrected chi connectivity index (χ4v) is 6.37. The van der Waals surface area contributed by atoms with Crippen molar-refractivity contribution in [2.24, 2.45) is 0 Å². The van der Waals surface area contributed by atoms with E-state index < -0.39 is 10.2 Å². The molecule has 0 N–H and O–H groups in total. The first-order valence-corrected chi connectivity index (χ1v) is 12.4. The van der Waals surface area contributed by atoms with E-state index in [1.54, 1.807) is 8.61 Å². The maximum absolute atomic E-state index is 13.1. The van der Waals surface area contributed by atoms with E-state index in [2.05, 4.69) is 42.0 Å². The van der Waals surface area contributed by atoms with E-state index in [1.165, 1.54) is 11.1 Å². The summed E-state index contributed by atoms with van der Waals surface area (Å²) < 4.78 is 35.1. The van der Waals surface area contributed by atoms with E-state index >= 15 is 0 Å². The molecule has 31 heavy (non-hydrogen) atoms. The second-order valence-corrected chi connectivity index (χ2v) is 10.8. The lowest BCUT2D eigenvalue weighted by atomic mass is 9.96. The number of benzene rings is 1. The molecule has 2 aromatic rings. The lowest BCUT2D eigenvalue weighted by Gasteiger charge is -2.39. The van der Waals surface area contributed by atoms with Crippen LogP contribution in [0.25, 0.3) is 11.1 Å². The predicted molar refractivity (Wildman–Crippen MR) is 121 cm³/mol. The Labute approximate surface area is 185 Å². The van der Waals surface area contributed by atoms with Crippen molar-refractivity contribution in [1.82, 2.24) is 18.6 Å². The molecular formula is C23H32N4O3S. The van der Waals surface area contributed by atoms with Gasteiger partial charge >= 0.3 is 0 Å². The Bertz CT molecular complexity index is 1010.